The summed E-state index contributed by atoms with van der Waals surface area (Å²) in [6.07, 6.45) is 1.88. The summed E-state index contributed by atoms with van der Waals surface area (Å²) in [5.74, 6) is 3.41. The summed E-state index contributed by atoms with van der Waals surface area (Å²) in [6, 6.07) is 0. The largest absolute Gasteiger partial charge is 0.356 e. The van der Waals surface area contributed by atoms with Crippen LogP contribution in [0.25, 0.3) is 0 Å². The van der Waals surface area contributed by atoms with E-state index in [4.69, 9.17) is 0 Å². The maximum atomic E-state index is 10.9. The van der Waals surface area contributed by atoms with E-state index in [1.807, 2.05) is 18.7 Å². The van der Waals surface area contributed by atoms with Crippen molar-refractivity contribution in [3.63, 3.8) is 0 Å². The Morgan fingerprint density at radius 1 is 1.73 bits per heavy atom. The number of carbonyl (C=O) groups excluding carboxylic acids is 1. The van der Waals surface area contributed by atoms with Crippen LogP contribution in [0.1, 0.15) is 19.8 Å². The molecule has 1 rings (SSSR count). The minimum Gasteiger partial charge on any atom is -0.356 e. The van der Waals surface area contributed by atoms with Gasteiger partial charge < -0.3 is 5.32 Å². The van der Waals surface area contributed by atoms with Gasteiger partial charge in [-0.15, -0.1) is 0 Å². The van der Waals surface area contributed by atoms with Crippen LogP contribution >= 0.6 is 11.8 Å². The maximum Gasteiger partial charge on any atom is 0.219 e. The minimum absolute atomic E-state index is 0.182. The van der Waals surface area contributed by atoms with Crippen molar-refractivity contribution in [3.05, 3.63) is 0 Å². The monoisotopic (exact) mass is 173 g/mol. The first kappa shape index (κ1) is 8.91. The van der Waals surface area contributed by atoms with E-state index in [2.05, 4.69) is 5.32 Å². The van der Waals surface area contributed by atoms with Gasteiger partial charge in [0.25, 0.3) is 0 Å². The molecule has 1 N–H and O–H groups in total. The number of carbonyl (C=O) groups is 1. The molecule has 1 heterocycles. The molecule has 0 radical (unpaired) electrons. The van der Waals surface area contributed by atoms with Crippen LogP contribution in [-0.4, -0.2) is 24.0 Å². The smallest absolute Gasteiger partial charge is 0.219 e. The van der Waals surface area contributed by atoms with Crippen molar-refractivity contribution in [1.29, 1.82) is 0 Å². The third-order valence-corrected chi connectivity index (χ3v) is 3.16. The molecule has 0 aromatic heterocycles. The van der Waals surface area contributed by atoms with Crippen LogP contribution in [0.2, 0.25) is 0 Å². The topological polar surface area (TPSA) is 29.1 Å². The van der Waals surface area contributed by atoms with E-state index in [0.717, 1.165) is 12.5 Å². The first-order chi connectivity index (χ1) is 5.33. The Labute approximate surface area is 72.1 Å². The van der Waals surface area contributed by atoms with Crippen molar-refractivity contribution in [2.75, 3.05) is 18.1 Å². The van der Waals surface area contributed by atoms with Crippen LogP contribution in [0.5, 0.6) is 0 Å². The lowest BCUT2D eigenvalue weighted by atomic mass is 10.1. The third-order valence-electron chi connectivity index (χ3n) is 1.93. The highest BCUT2D eigenvalue weighted by molar-refractivity contribution is 7.99. The Balaban J connectivity index is 2.06. The Morgan fingerprint density at radius 2 is 2.55 bits per heavy atom. The molecule has 11 heavy (non-hydrogen) atoms. The molecule has 0 aromatic carbocycles. The molecule has 1 saturated heterocycles. The van der Waals surface area contributed by atoms with Crippen molar-refractivity contribution in [2.45, 2.75) is 19.8 Å². The Morgan fingerprint density at radius 3 is 3.09 bits per heavy atom. The highest BCUT2D eigenvalue weighted by Crippen LogP contribution is 2.22. The summed E-state index contributed by atoms with van der Waals surface area (Å²) in [7, 11) is 0. The van der Waals surface area contributed by atoms with E-state index >= 15 is 0 Å². The van der Waals surface area contributed by atoms with E-state index in [1.54, 1.807) is 0 Å². The van der Waals surface area contributed by atoms with Gasteiger partial charge in [0.1, 0.15) is 0 Å². The lowest BCUT2D eigenvalue weighted by Crippen LogP contribution is -2.28. The molecule has 0 aromatic rings. The van der Waals surface area contributed by atoms with E-state index < -0.39 is 0 Å². The van der Waals surface area contributed by atoms with Crippen LogP contribution in [-0.2, 0) is 4.79 Å². The van der Waals surface area contributed by atoms with Gasteiger partial charge in [-0.3, -0.25) is 4.79 Å². The van der Waals surface area contributed by atoms with Crippen LogP contribution in [0.3, 0.4) is 0 Å². The zero-order valence-corrected chi connectivity index (χ0v) is 7.75. The summed E-state index contributed by atoms with van der Waals surface area (Å²) in [5.41, 5.74) is 0. The van der Waals surface area contributed by atoms with Gasteiger partial charge in [0.05, 0.1) is 0 Å². The molecular weight excluding hydrogens is 158 g/mol. The Hall–Kier alpha value is -0.180. The molecule has 1 atom stereocenters. The Kier molecular flexibility index (Phi) is 3.77. The molecule has 1 aliphatic heterocycles. The van der Waals surface area contributed by atoms with Crippen LogP contribution in [0.4, 0.5) is 0 Å². The summed E-state index contributed by atoms with van der Waals surface area (Å²) in [4.78, 5) is 10.9. The Bertz CT molecular complexity index is 132. The average molecular weight is 173 g/mol. The van der Waals surface area contributed by atoms with Crippen LogP contribution in [0, 0.1) is 5.92 Å². The van der Waals surface area contributed by atoms with Crippen molar-refractivity contribution in [1.82, 2.24) is 5.32 Å². The maximum absolute atomic E-state index is 10.9. The second kappa shape index (κ2) is 4.65. The van der Waals surface area contributed by atoms with Gasteiger partial charge in [0.15, 0.2) is 0 Å². The predicted molar refractivity (Wildman–Crippen MR) is 48.7 cm³/mol. The fourth-order valence-corrected chi connectivity index (χ4v) is 2.41. The average Bonchev–Trinajstić information content (AvgIpc) is 2.52. The van der Waals surface area contributed by atoms with E-state index in [0.29, 0.717) is 6.42 Å². The predicted octanol–water partition coefficient (Wildman–Crippen LogP) is 1.27. The molecule has 2 nitrogen and oxygen atoms in total. The number of hydrogen-bond acceptors (Lipinski definition) is 2. The molecule has 1 aliphatic rings. The van der Waals surface area contributed by atoms with Crippen LogP contribution in [0.15, 0.2) is 0 Å². The molecule has 0 bridgehead atoms. The highest BCUT2D eigenvalue weighted by atomic mass is 32.2. The van der Waals surface area contributed by atoms with Crippen molar-refractivity contribution in [2.24, 2.45) is 5.92 Å². The minimum atomic E-state index is 0.182. The molecule has 64 valence electrons. The van der Waals surface area contributed by atoms with Crippen molar-refractivity contribution < 1.29 is 4.79 Å². The number of rotatable bonds is 3. The highest BCUT2D eigenvalue weighted by Gasteiger charge is 2.15. The van der Waals surface area contributed by atoms with Gasteiger partial charge in [-0.05, 0) is 23.8 Å². The van der Waals surface area contributed by atoms with E-state index in [1.165, 1.54) is 17.9 Å². The molecule has 3 heteroatoms. The number of amides is 1. The molecule has 0 spiro atoms. The van der Waals surface area contributed by atoms with Gasteiger partial charge in [0.2, 0.25) is 5.91 Å². The molecule has 1 unspecified atom stereocenters. The standard InChI is InChI=1S/C8H15NOS/c1-2-8(10)9-5-7-3-4-11-6-7/h7H,2-6H2,1H3,(H,9,10). The molecule has 0 aliphatic carbocycles. The lowest BCUT2D eigenvalue weighted by molar-refractivity contribution is -0.120. The summed E-state index contributed by atoms with van der Waals surface area (Å²) >= 11 is 1.99. The summed E-state index contributed by atoms with van der Waals surface area (Å²) in [5, 5.41) is 2.92. The molecular formula is C8H15NOS. The summed E-state index contributed by atoms with van der Waals surface area (Å²) < 4.78 is 0. The van der Waals surface area contributed by atoms with Gasteiger partial charge in [0, 0.05) is 13.0 Å². The van der Waals surface area contributed by atoms with Gasteiger partial charge in [-0.1, -0.05) is 6.92 Å². The quantitative estimate of drug-likeness (QED) is 0.696. The second-order valence-electron chi connectivity index (χ2n) is 2.89. The van der Waals surface area contributed by atoms with Crippen molar-refractivity contribution >= 4 is 17.7 Å². The number of thioether (sulfide) groups is 1. The SMILES string of the molecule is CCC(=O)NCC1CCSC1. The molecule has 0 saturated carbocycles. The first-order valence-corrected chi connectivity index (χ1v) is 5.33. The fourth-order valence-electron chi connectivity index (χ4n) is 1.13. The lowest BCUT2D eigenvalue weighted by Gasteiger charge is -2.08. The zero-order chi connectivity index (χ0) is 8.10. The normalized spacial score (nSPS) is 23.5. The van der Waals surface area contributed by atoms with E-state index in [-0.39, 0.29) is 5.91 Å². The van der Waals surface area contributed by atoms with E-state index in [9.17, 15) is 4.79 Å². The van der Waals surface area contributed by atoms with Gasteiger partial charge in [-0.25, -0.2) is 0 Å². The van der Waals surface area contributed by atoms with Gasteiger partial charge >= 0.3 is 0 Å². The third kappa shape index (κ3) is 3.14. The number of nitrogens with one attached hydrogen (secondary N) is 1. The fraction of sp³-hybridized carbons (Fsp3) is 0.875. The van der Waals surface area contributed by atoms with Crippen LogP contribution < -0.4 is 5.32 Å². The zero-order valence-electron chi connectivity index (χ0n) is 6.93. The van der Waals surface area contributed by atoms with Gasteiger partial charge in [-0.2, -0.15) is 11.8 Å². The molecule has 1 fully saturated rings. The second-order valence-corrected chi connectivity index (χ2v) is 4.04. The summed E-state index contributed by atoms with van der Waals surface area (Å²) in [6.45, 7) is 2.78. The first-order valence-electron chi connectivity index (χ1n) is 4.17. The molecule has 1 amide bonds. The van der Waals surface area contributed by atoms with Crippen molar-refractivity contribution in [3.8, 4) is 0 Å². The number of hydrogen-bond donors (Lipinski definition) is 1.